The first kappa shape index (κ1) is 12.1. The van der Waals surface area contributed by atoms with Crippen molar-refractivity contribution in [3.63, 3.8) is 0 Å². The lowest BCUT2D eigenvalue weighted by atomic mass is 10.2. The van der Waals surface area contributed by atoms with Gasteiger partial charge in [0.1, 0.15) is 11.9 Å². The molecule has 0 aromatic heterocycles. The van der Waals surface area contributed by atoms with Crippen molar-refractivity contribution in [2.24, 2.45) is 5.73 Å². The van der Waals surface area contributed by atoms with E-state index in [1.165, 1.54) is 18.2 Å². The van der Waals surface area contributed by atoms with Crippen molar-refractivity contribution in [1.29, 1.82) is 0 Å². The summed E-state index contributed by atoms with van der Waals surface area (Å²) < 4.78 is 13.1. The fourth-order valence-corrected chi connectivity index (χ4v) is 1.05. The monoisotopic (exact) mass is 226 g/mol. The van der Waals surface area contributed by atoms with Crippen molar-refractivity contribution in [3.8, 4) is 0 Å². The molecule has 6 heteroatoms. The molecule has 0 aliphatic carbocycles. The molecule has 0 heterocycles. The Kier molecular flexibility index (Phi) is 3.96. The van der Waals surface area contributed by atoms with Gasteiger partial charge in [0.05, 0.1) is 12.1 Å². The molecule has 4 N–H and O–H groups in total. The van der Waals surface area contributed by atoms with E-state index in [2.05, 4.69) is 5.32 Å². The Balaban J connectivity index is 2.59. The van der Waals surface area contributed by atoms with Crippen LogP contribution in [0.4, 0.5) is 10.1 Å². The second-order valence-electron chi connectivity index (χ2n) is 3.18. The zero-order valence-electron chi connectivity index (χ0n) is 8.31. The molecule has 0 aliphatic heterocycles. The van der Waals surface area contributed by atoms with Crippen LogP contribution in [-0.2, 0) is 9.59 Å². The van der Waals surface area contributed by atoms with Crippen LogP contribution in [-0.4, -0.2) is 23.0 Å². The van der Waals surface area contributed by atoms with Gasteiger partial charge < -0.3 is 16.2 Å². The molecule has 1 aromatic carbocycles. The summed E-state index contributed by atoms with van der Waals surface area (Å²) in [6.45, 7) is 0. The highest BCUT2D eigenvalue weighted by atomic mass is 19.1. The Morgan fingerprint density at radius 1 is 1.44 bits per heavy atom. The first-order valence-corrected chi connectivity index (χ1v) is 4.53. The summed E-state index contributed by atoms with van der Waals surface area (Å²) in [4.78, 5) is 21.6. The number of rotatable bonds is 4. The Bertz CT molecular complexity index is 409. The number of aliphatic carboxylic acids is 1. The smallest absolute Gasteiger partial charge is 0.321 e. The molecule has 1 amide bonds. The fourth-order valence-electron chi connectivity index (χ4n) is 1.05. The Labute approximate surface area is 91.1 Å². The molecule has 1 atom stereocenters. The molecule has 0 aliphatic rings. The predicted octanol–water partition coefficient (Wildman–Crippen LogP) is 0.566. The lowest BCUT2D eigenvalue weighted by Crippen LogP contribution is -2.34. The number of anilines is 1. The number of hydrogen-bond acceptors (Lipinski definition) is 3. The van der Waals surface area contributed by atoms with E-state index in [0.717, 1.165) is 0 Å². The predicted molar refractivity (Wildman–Crippen MR) is 55.3 cm³/mol. The number of halogens is 1. The molecule has 0 radical (unpaired) electrons. The molecule has 1 aromatic rings. The van der Waals surface area contributed by atoms with Crippen LogP contribution >= 0.6 is 0 Å². The second kappa shape index (κ2) is 5.22. The second-order valence-corrected chi connectivity index (χ2v) is 3.18. The van der Waals surface area contributed by atoms with E-state index in [9.17, 15) is 14.0 Å². The van der Waals surface area contributed by atoms with Crippen LogP contribution in [0.25, 0.3) is 0 Å². The molecule has 0 unspecified atom stereocenters. The van der Waals surface area contributed by atoms with Gasteiger partial charge in [-0.25, -0.2) is 4.39 Å². The average Bonchev–Trinajstić information content (AvgIpc) is 2.21. The summed E-state index contributed by atoms with van der Waals surface area (Å²) in [6.07, 6.45) is -0.399. The van der Waals surface area contributed by atoms with Crippen LogP contribution in [0.2, 0.25) is 0 Å². The normalized spacial score (nSPS) is 11.9. The van der Waals surface area contributed by atoms with Crippen molar-refractivity contribution in [2.45, 2.75) is 12.5 Å². The van der Waals surface area contributed by atoms with Gasteiger partial charge in [-0.3, -0.25) is 9.59 Å². The minimum Gasteiger partial charge on any atom is -0.480 e. The van der Waals surface area contributed by atoms with Crippen LogP contribution < -0.4 is 11.1 Å². The minimum absolute atomic E-state index is 0.00471. The molecular weight excluding hydrogens is 215 g/mol. The van der Waals surface area contributed by atoms with Crippen molar-refractivity contribution in [2.75, 3.05) is 5.32 Å². The van der Waals surface area contributed by atoms with Gasteiger partial charge in [0.15, 0.2) is 0 Å². The zero-order valence-corrected chi connectivity index (χ0v) is 8.31. The third-order valence-electron chi connectivity index (χ3n) is 1.87. The van der Waals surface area contributed by atoms with Crippen molar-refractivity contribution in [1.82, 2.24) is 0 Å². The van der Waals surface area contributed by atoms with E-state index in [4.69, 9.17) is 10.8 Å². The molecule has 0 saturated carbocycles. The van der Waals surface area contributed by atoms with Gasteiger partial charge in [0.2, 0.25) is 5.91 Å². The number of hydrogen-bond donors (Lipinski definition) is 3. The van der Waals surface area contributed by atoms with Crippen LogP contribution in [0.1, 0.15) is 6.42 Å². The molecule has 86 valence electrons. The van der Waals surface area contributed by atoms with E-state index >= 15 is 0 Å². The molecule has 0 saturated heterocycles. The lowest BCUT2D eigenvalue weighted by Gasteiger charge is -2.08. The molecule has 1 rings (SSSR count). The molecular formula is C10H11FN2O3. The SMILES string of the molecule is N[C@@H](CC(=O)Nc1ccccc1F)C(=O)O. The van der Waals surface area contributed by atoms with Crippen molar-refractivity contribution in [3.05, 3.63) is 30.1 Å². The number of para-hydroxylation sites is 1. The van der Waals surface area contributed by atoms with Gasteiger partial charge in [-0.2, -0.15) is 0 Å². The van der Waals surface area contributed by atoms with Gasteiger partial charge in [-0.15, -0.1) is 0 Å². The highest BCUT2D eigenvalue weighted by Crippen LogP contribution is 2.12. The van der Waals surface area contributed by atoms with E-state index in [1.54, 1.807) is 6.07 Å². The van der Waals surface area contributed by atoms with Gasteiger partial charge in [0.25, 0.3) is 0 Å². The molecule has 0 spiro atoms. The van der Waals surface area contributed by atoms with Gasteiger partial charge >= 0.3 is 5.97 Å². The van der Waals surface area contributed by atoms with Crippen molar-refractivity contribution >= 4 is 17.6 Å². The van der Waals surface area contributed by atoms with E-state index < -0.39 is 30.2 Å². The van der Waals surface area contributed by atoms with Crippen LogP contribution in [0.15, 0.2) is 24.3 Å². The largest absolute Gasteiger partial charge is 0.480 e. The highest BCUT2D eigenvalue weighted by molar-refractivity contribution is 5.94. The number of carboxylic acid groups (broad SMARTS) is 1. The molecule has 0 fully saturated rings. The van der Waals surface area contributed by atoms with Crippen LogP contribution in [0.3, 0.4) is 0 Å². The lowest BCUT2D eigenvalue weighted by molar-refractivity contribution is -0.140. The molecule has 16 heavy (non-hydrogen) atoms. The number of nitrogens with two attached hydrogens (primary N) is 1. The summed E-state index contributed by atoms with van der Waals surface area (Å²) in [5, 5.41) is 10.7. The third kappa shape index (κ3) is 3.32. The van der Waals surface area contributed by atoms with E-state index in [-0.39, 0.29) is 5.69 Å². The maximum absolute atomic E-state index is 13.1. The average molecular weight is 226 g/mol. The van der Waals surface area contributed by atoms with Gasteiger partial charge in [-0.05, 0) is 12.1 Å². The number of nitrogens with one attached hydrogen (secondary N) is 1. The topological polar surface area (TPSA) is 92.4 Å². The van der Waals surface area contributed by atoms with Crippen LogP contribution in [0.5, 0.6) is 0 Å². The summed E-state index contributed by atoms with van der Waals surface area (Å²) >= 11 is 0. The Morgan fingerprint density at radius 2 is 2.06 bits per heavy atom. The van der Waals surface area contributed by atoms with Gasteiger partial charge in [0, 0.05) is 0 Å². The number of carboxylic acids is 1. The summed E-state index contributed by atoms with van der Waals surface area (Å²) in [5.74, 6) is -2.50. The summed E-state index contributed by atoms with van der Waals surface area (Å²) in [6, 6.07) is 4.31. The van der Waals surface area contributed by atoms with E-state index in [0.29, 0.717) is 0 Å². The number of benzene rings is 1. The zero-order chi connectivity index (χ0) is 12.1. The van der Waals surface area contributed by atoms with Crippen LogP contribution in [0, 0.1) is 5.82 Å². The van der Waals surface area contributed by atoms with Gasteiger partial charge in [-0.1, -0.05) is 12.1 Å². The quantitative estimate of drug-likeness (QED) is 0.699. The fraction of sp³-hybridized carbons (Fsp3) is 0.200. The Morgan fingerprint density at radius 3 is 2.62 bits per heavy atom. The summed E-state index contributed by atoms with van der Waals surface area (Å²) in [5.41, 5.74) is 5.16. The first-order chi connectivity index (χ1) is 7.50. The molecule has 5 nitrogen and oxygen atoms in total. The maximum Gasteiger partial charge on any atom is 0.321 e. The van der Waals surface area contributed by atoms with Crippen molar-refractivity contribution < 1.29 is 19.1 Å². The minimum atomic E-state index is -1.29. The molecule has 0 bridgehead atoms. The summed E-state index contributed by atoms with van der Waals surface area (Å²) in [7, 11) is 0. The number of carbonyl (C=O) groups is 2. The number of carbonyl (C=O) groups excluding carboxylic acids is 1. The third-order valence-corrected chi connectivity index (χ3v) is 1.87. The Hall–Kier alpha value is -1.95. The first-order valence-electron chi connectivity index (χ1n) is 4.53. The number of amides is 1. The maximum atomic E-state index is 13.1. The highest BCUT2D eigenvalue weighted by Gasteiger charge is 2.16. The standard InChI is InChI=1S/C10H11FN2O3/c11-6-3-1-2-4-8(6)13-9(14)5-7(12)10(15)16/h1-4,7H,5,12H2,(H,13,14)(H,15,16)/t7-/m0/s1. The van der Waals surface area contributed by atoms with E-state index in [1.807, 2.05) is 0 Å².